The van der Waals surface area contributed by atoms with Crippen LogP contribution in [0.3, 0.4) is 0 Å². The van der Waals surface area contributed by atoms with Crippen LogP contribution in [0.1, 0.15) is 52.6 Å². The molecule has 0 amide bonds. The van der Waals surface area contributed by atoms with Crippen LogP contribution in [0.25, 0.3) is 42.5 Å². The lowest BCUT2D eigenvalue weighted by Crippen LogP contribution is -2.55. The Morgan fingerprint density at radius 1 is 0.664 bits per heavy atom. The van der Waals surface area contributed by atoms with Gasteiger partial charge in [0.15, 0.2) is 60.4 Å². The number of phosphoric ester groups is 2. The molecule has 5 aromatic heterocycles. The molecule has 0 aromatic carbocycles. The van der Waals surface area contributed by atoms with Crippen molar-refractivity contribution in [3.63, 3.8) is 0 Å². The molecule has 0 saturated carbocycles. The molecule has 9 rings (SSSR count). The summed E-state index contributed by atoms with van der Waals surface area (Å²) in [5, 5.41) is 68.4. The van der Waals surface area contributed by atoms with E-state index in [9.17, 15) is 105 Å². The number of aliphatic hydroxyl groups excluding tert-OH is 5. The number of nitrogen functional groups attached to an aromatic ring is 2. The number of alkyl halides is 4. The third-order valence-corrected chi connectivity index (χ3v) is 23.9. The van der Waals surface area contributed by atoms with Gasteiger partial charge in [-0.15, -0.1) is 0 Å². The summed E-state index contributed by atoms with van der Waals surface area (Å²) in [6.07, 6.45) is -17.8. The minimum absolute atomic E-state index is 0.00723. The summed E-state index contributed by atoms with van der Waals surface area (Å²) in [5.41, 5.74) is 37.8. The fourth-order valence-electron chi connectivity index (χ4n) is 10.7. The fraction of sp³-hybridized carbons (Fsp3) is 0.625. The van der Waals surface area contributed by atoms with Gasteiger partial charge in [-0.1, -0.05) is 29.2 Å². The molecular formula is C48H72F4N24O37P6. The number of aromatic amines is 1. The second-order valence-corrected chi connectivity index (χ2v) is 34.0. The Bertz CT molecular complexity index is 5190. The number of aromatic nitrogens is 10. The number of azide groups is 3. The van der Waals surface area contributed by atoms with Crippen LogP contribution in [-0.4, -0.2) is 254 Å². The van der Waals surface area contributed by atoms with Crippen molar-refractivity contribution < 1.29 is 174 Å². The molecule has 9 heterocycles. The minimum atomic E-state index is -5.88. The topological polar surface area (TPSA) is 944 Å². The van der Waals surface area contributed by atoms with Gasteiger partial charge in [-0.3, -0.25) is 52.6 Å². The number of nitrogens with two attached hydrogens (primary N) is 4. The number of halogens is 4. The van der Waals surface area contributed by atoms with Crippen LogP contribution in [0, 0.1) is 5.92 Å². The number of rotatable bonds is 32. The molecule has 0 aliphatic carbocycles. The molecule has 664 valence electrons. The molecule has 71 heteroatoms. The number of nitrogens with one attached hydrogen (secondary N) is 2. The highest BCUT2D eigenvalue weighted by Gasteiger charge is 2.63. The van der Waals surface area contributed by atoms with Crippen LogP contribution in [0.5, 0.6) is 5.88 Å². The van der Waals surface area contributed by atoms with Crippen LogP contribution in [0.15, 0.2) is 77.6 Å². The van der Waals surface area contributed by atoms with Gasteiger partial charge >= 0.3 is 70.0 Å². The van der Waals surface area contributed by atoms with Crippen molar-refractivity contribution in [2.75, 3.05) is 69.6 Å². The van der Waals surface area contributed by atoms with Crippen molar-refractivity contribution in [2.45, 2.75) is 130 Å². The Hall–Kier alpha value is -8.35. The average molecular weight is 1840 g/mol. The van der Waals surface area contributed by atoms with Crippen molar-refractivity contribution in [2.24, 2.45) is 32.7 Å². The molecule has 0 spiro atoms. The number of carbonyl (C=O) groups excluding carboxylic acids is 1. The van der Waals surface area contributed by atoms with Gasteiger partial charge in [-0.25, -0.2) is 64.3 Å². The number of imidazole rings is 1. The number of nitrogens with zero attached hydrogens (tertiary/aromatic N) is 18. The van der Waals surface area contributed by atoms with E-state index < -0.39 is 224 Å². The molecule has 24 N–H and O–H groups in total. The van der Waals surface area contributed by atoms with E-state index in [2.05, 4.69) is 81.3 Å². The first-order valence-corrected chi connectivity index (χ1v) is 41.2. The van der Waals surface area contributed by atoms with Crippen LogP contribution >= 0.6 is 46.9 Å². The van der Waals surface area contributed by atoms with Crippen molar-refractivity contribution in [1.82, 2.24) is 48.2 Å². The summed E-state index contributed by atoms with van der Waals surface area (Å²) < 4.78 is 185. The number of esters is 1. The number of hydrogen-bond acceptors (Lipinski definition) is 42. The summed E-state index contributed by atoms with van der Waals surface area (Å²) >= 11 is 0. The average Bonchev–Trinajstić information content (AvgIpc) is 1.60. The molecule has 61 nitrogen and oxygen atoms in total. The Morgan fingerprint density at radius 2 is 1.11 bits per heavy atom. The summed E-state index contributed by atoms with van der Waals surface area (Å²) in [4.78, 5) is 159. The van der Waals surface area contributed by atoms with Gasteiger partial charge in [0.05, 0.1) is 51.3 Å². The van der Waals surface area contributed by atoms with Crippen LogP contribution in [0.2, 0.25) is 0 Å². The van der Waals surface area contributed by atoms with Gasteiger partial charge in [0.2, 0.25) is 11.8 Å². The Balaban J connectivity index is 0.000000252. The molecule has 0 radical (unpaired) electrons. The largest absolute Gasteiger partial charge is 0.490 e. The fourth-order valence-corrected chi connectivity index (χ4v) is 16.8. The zero-order chi connectivity index (χ0) is 90.0. The molecule has 21 atom stereocenters. The first kappa shape index (κ1) is 99.5. The molecule has 4 saturated heterocycles. The van der Waals surface area contributed by atoms with E-state index >= 15 is 4.39 Å². The summed E-state index contributed by atoms with van der Waals surface area (Å²) in [7, 11) is -34.5. The maximum absolute atomic E-state index is 15.3. The maximum Gasteiger partial charge on any atom is 0.490 e. The smallest absolute Gasteiger partial charge is 0.476 e. The Labute approximate surface area is 656 Å². The summed E-state index contributed by atoms with van der Waals surface area (Å²) in [6.45, 7) is -0.412. The number of fused-ring (bicyclic) bond motifs is 1. The summed E-state index contributed by atoms with van der Waals surface area (Å²) in [5.74, 6) is -4.46. The van der Waals surface area contributed by atoms with Crippen molar-refractivity contribution in [3.05, 3.63) is 116 Å². The van der Waals surface area contributed by atoms with E-state index in [1.807, 2.05) is 4.98 Å². The predicted octanol–water partition coefficient (Wildman–Crippen LogP) is -2.48. The number of ether oxygens (including phenoxy) is 6. The quantitative estimate of drug-likeness (QED) is 0.00403. The van der Waals surface area contributed by atoms with Crippen LogP contribution < -0.4 is 55.8 Å². The van der Waals surface area contributed by atoms with E-state index in [-0.39, 0.29) is 47.2 Å². The van der Waals surface area contributed by atoms with Gasteiger partial charge in [-0.05, 0) is 48.5 Å². The molecule has 0 bridgehead atoms. The second-order valence-electron chi connectivity index (χ2n) is 25.2. The number of aliphatic hydroxyl groups is 5. The highest BCUT2D eigenvalue weighted by molar-refractivity contribution is 7.67. The molecular weight excluding hydrogens is 1770 g/mol. The molecule has 5 unspecified atom stereocenters. The van der Waals surface area contributed by atoms with Crippen LogP contribution in [0.4, 0.5) is 35.1 Å². The number of anilines is 3. The summed E-state index contributed by atoms with van der Waals surface area (Å²) in [6, 6.07) is 2.32. The van der Waals surface area contributed by atoms with E-state index in [1.54, 1.807) is 26.3 Å². The zero-order valence-electron chi connectivity index (χ0n) is 60.4. The normalized spacial score (nSPS) is 29.5. The molecule has 5 aromatic rings. The SMILES string of the molecule is CC(C)C(N)C(=O)OC[C@@]1(CN=[N+]=[N-])O[C@@H](n2ccc(=O)[nH]c2=O)[C@H](F)[C@@H]1O.CCOc1nc(N)nc2c1ncn2[C@@H]1O[C@](CN=[N+]=[N-])(COP(=O)(O)OP(=O)(O)OP(=O)(O)O)[C@@H](O)[C@H]1F.C[C@]1(N)[C@H](n2ccc(N)nc2=O)O[C@](F)(CO)[C@H]1O.[N-]=[N+]=NC[C@]1(COP(=O)(O)OP(=O)(O)OP(=O)(O)O)O[C@@H](n2ccc(NO)nc2=O)[C@H](F)[C@@H]1O. The Kier molecular flexibility index (Phi) is 32.8. The lowest BCUT2D eigenvalue weighted by Gasteiger charge is -2.30. The predicted molar refractivity (Wildman–Crippen MR) is 375 cm³/mol. The number of hydrogen-bond donors (Lipinski definition) is 20. The first-order chi connectivity index (χ1) is 54.9. The first-order valence-electron chi connectivity index (χ1n) is 32.2. The number of H-pyrrole nitrogens is 1. The monoisotopic (exact) mass is 1840 g/mol. The zero-order valence-corrected chi connectivity index (χ0v) is 65.8. The second kappa shape index (κ2) is 39.2. The van der Waals surface area contributed by atoms with Crippen molar-refractivity contribution in [1.29, 1.82) is 0 Å². The van der Waals surface area contributed by atoms with Gasteiger partial charge in [-0.2, -0.15) is 37.2 Å². The molecule has 4 fully saturated rings. The van der Waals surface area contributed by atoms with Crippen molar-refractivity contribution in [3.8, 4) is 5.88 Å². The van der Waals surface area contributed by atoms with E-state index in [1.165, 1.54) is 19.2 Å². The molecule has 4 aliphatic heterocycles. The highest BCUT2D eigenvalue weighted by Crippen LogP contribution is 2.68. The maximum atomic E-state index is 15.3. The lowest BCUT2D eigenvalue weighted by molar-refractivity contribution is -0.207. The number of phosphoric acid groups is 6. The third-order valence-electron chi connectivity index (χ3n) is 16.3. The Morgan fingerprint density at radius 3 is 1.52 bits per heavy atom. The third kappa shape index (κ3) is 24.7. The number of carbonyl (C=O) groups is 1. The van der Waals surface area contributed by atoms with Crippen LogP contribution in [-0.2, 0) is 82.2 Å². The van der Waals surface area contributed by atoms with Gasteiger partial charge < -0.3 is 116 Å². The van der Waals surface area contributed by atoms with Gasteiger partial charge in [0.25, 0.3) is 11.4 Å². The van der Waals surface area contributed by atoms with E-state index in [0.29, 0.717) is 4.57 Å². The van der Waals surface area contributed by atoms with Gasteiger partial charge in [0, 0.05) is 39.4 Å². The van der Waals surface area contributed by atoms with E-state index in [4.69, 9.17) is 97.8 Å². The molecule has 119 heavy (non-hydrogen) atoms. The standard InChI is InChI=1S/C15H21FN6O6.C13H20FN8O13P3.C10H16FN6O14P3.C10H15FN4O4/c1-7(2)10(17)13(25)27-6-15(5-19-21-18)11(24)9(16)12(28-15)22-4-3-8(23)20-14(22)26;1-2-31-10-7-9(19-12(15)20-10)22(5-17-7)11-6(14)8(23)13(33-11,3-18-21-16)4-32-37(27,28)35-38(29,30)34-36(24,25)26;11-6-7(18)10(3-13-16-12,29-8(6)17-2-1-5(15-20)14-9(17)19)4-28-33(24,25)31-34(26,27)30-32(21,22)23;1-9(13)6(17)10(11,4-16)19-7(9)15-3-2-5(12)14-8(15)18/h3-4,7,9-12,24H,5-6,17H2,1-2H3,(H,20,23,26);5-6,8,11,23H,2-4H2,1H3,(H,27,28)(H,29,30)(H2,15,19,20)(H2,24,25,26);1-2,6-8,18,20H,3-4H2,(H,24,25)(H,26,27)(H,14,15,19)(H2,21,22,23);2-3,6-7,16-17H,4,13H2,1H3,(H2,12,14,18)/t9-,10?,11+,12-,15-;6-,8+,11-,13-;6-,7+,8-,10-;6-,7+,9+,10+/m1110/s1. The molecule has 4 aliphatic rings. The van der Waals surface area contributed by atoms with Gasteiger partial charge in [0.1, 0.15) is 66.3 Å². The van der Waals surface area contributed by atoms with Crippen molar-refractivity contribution >= 4 is 81.7 Å². The minimum Gasteiger partial charge on any atom is -0.476 e. The highest BCUT2D eigenvalue weighted by atomic mass is 31.3. The lowest BCUT2D eigenvalue weighted by atomic mass is 9.92. The van der Waals surface area contributed by atoms with E-state index in [0.717, 1.165) is 44.6 Å².